The van der Waals surface area contributed by atoms with Crippen LogP contribution >= 0.6 is 0 Å². The van der Waals surface area contributed by atoms with Crippen molar-refractivity contribution >= 4 is 5.97 Å². The Morgan fingerprint density at radius 3 is 2.42 bits per heavy atom. The first-order valence-corrected chi connectivity index (χ1v) is 6.09. The second-order valence-corrected chi connectivity index (χ2v) is 4.39. The fraction of sp³-hybridized carbons (Fsp3) is 0.188. The Bertz CT molecular complexity index is 576. The van der Waals surface area contributed by atoms with Crippen LogP contribution in [0.1, 0.15) is 18.4 Å². The predicted molar refractivity (Wildman–Crippen MR) is 74.0 cm³/mol. The number of rotatable bonds is 3. The third-order valence-corrected chi connectivity index (χ3v) is 3.16. The van der Waals surface area contributed by atoms with Gasteiger partial charge in [-0.05, 0) is 24.1 Å². The molecule has 0 saturated heterocycles. The van der Waals surface area contributed by atoms with Crippen LogP contribution in [0.2, 0.25) is 0 Å². The van der Waals surface area contributed by atoms with Gasteiger partial charge in [-0.2, -0.15) is 0 Å². The van der Waals surface area contributed by atoms with Gasteiger partial charge in [0.05, 0.1) is 13.0 Å². The molecule has 98 valence electrons. The van der Waals surface area contributed by atoms with Gasteiger partial charge in [-0.15, -0.1) is 0 Å². The lowest BCUT2D eigenvalue weighted by Gasteiger charge is -2.12. The molecule has 2 rings (SSSR count). The van der Waals surface area contributed by atoms with Gasteiger partial charge in [-0.1, -0.05) is 42.5 Å². The maximum atomic E-state index is 11.5. The van der Waals surface area contributed by atoms with Gasteiger partial charge in [0.25, 0.3) is 0 Å². The van der Waals surface area contributed by atoms with Crippen LogP contribution < -0.4 is 0 Å². The average Bonchev–Trinajstić information content (AvgIpc) is 2.46. The predicted octanol–water partition coefficient (Wildman–Crippen LogP) is 3.34. The minimum absolute atomic E-state index is 0.166. The number of hydrogen-bond acceptors (Lipinski definition) is 3. The van der Waals surface area contributed by atoms with Crippen molar-refractivity contribution in [3.63, 3.8) is 0 Å². The summed E-state index contributed by atoms with van der Waals surface area (Å²) in [6, 6.07) is 14.9. The van der Waals surface area contributed by atoms with Crippen molar-refractivity contribution in [3.8, 4) is 16.9 Å². The van der Waals surface area contributed by atoms with Crippen LogP contribution in [0.4, 0.5) is 0 Å². The molecule has 2 aromatic rings. The summed E-state index contributed by atoms with van der Waals surface area (Å²) in [4.78, 5) is 11.5. The quantitative estimate of drug-likeness (QED) is 0.857. The zero-order valence-electron chi connectivity index (χ0n) is 11.0. The summed E-state index contributed by atoms with van der Waals surface area (Å²) in [5.41, 5.74) is 2.43. The number of phenols is 1. The van der Waals surface area contributed by atoms with Crippen LogP contribution in [0.5, 0.6) is 5.75 Å². The van der Waals surface area contributed by atoms with Gasteiger partial charge in [-0.3, -0.25) is 4.79 Å². The Morgan fingerprint density at radius 2 is 1.84 bits per heavy atom. The number of aromatic hydroxyl groups is 1. The van der Waals surface area contributed by atoms with E-state index >= 15 is 0 Å². The average molecular weight is 256 g/mol. The Kier molecular flexibility index (Phi) is 3.85. The van der Waals surface area contributed by atoms with Crippen LogP contribution in [0.25, 0.3) is 11.1 Å². The fourth-order valence-corrected chi connectivity index (χ4v) is 1.99. The zero-order valence-corrected chi connectivity index (χ0v) is 11.0. The second kappa shape index (κ2) is 5.57. The molecule has 0 spiro atoms. The number of esters is 1. The Hall–Kier alpha value is -2.29. The molecule has 0 aliphatic heterocycles. The van der Waals surface area contributed by atoms with Crippen LogP contribution in [-0.2, 0) is 9.53 Å². The summed E-state index contributed by atoms with van der Waals surface area (Å²) < 4.78 is 4.70. The van der Waals surface area contributed by atoms with E-state index in [-0.39, 0.29) is 17.6 Å². The maximum absolute atomic E-state index is 11.5. The monoisotopic (exact) mass is 256 g/mol. The number of carbonyl (C=O) groups excluding carboxylic acids is 1. The molecule has 19 heavy (non-hydrogen) atoms. The van der Waals surface area contributed by atoms with Gasteiger partial charge in [-0.25, -0.2) is 0 Å². The molecule has 0 heterocycles. The molecule has 0 fully saturated rings. The van der Waals surface area contributed by atoms with Crippen molar-refractivity contribution in [3.05, 3.63) is 54.1 Å². The van der Waals surface area contributed by atoms with E-state index in [2.05, 4.69) is 0 Å². The Balaban J connectivity index is 2.35. The summed E-state index contributed by atoms with van der Waals surface area (Å²) in [5, 5.41) is 10.1. The number of phenolic OH excluding ortho intramolecular Hbond substituents is 1. The first kappa shape index (κ1) is 13.1. The molecule has 1 atom stereocenters. The molecule has 1 unspecified atom stereocenters. The number of carbonyl (C=O) groups is 1. The molecule has 0 amide bonds. The maximum Gasteiger partial charge on any atom is 0.312 e. The SMILES string of the molecule is COC(=O)C(C)c1ccc(-c2ccccc2)c(O)c1. The normalized spacial score (nSPS) is 11.9. The van der Waals surface area contributed by atoms with Crippen LogP contribution in [0, 0.1) is 0 Å². The molecular formula is C16H16O3. The third kappa shape index (κ3) is 2.76. The molecular weight excluding hydrogens is 240 g/mol. The van der Waals surface area contributed by atoms with E-state index < -0.39 is 0 Å². The highest BCUT2D eigenvalue weighted by Crippen LogP contribution is 2.32. The lowest BCUT2D eigenvalue weighted by atomic mass is 9.96. The smallest absolute Gasteiger partial charge is 0.312 e. The molecule has 0 aromatic heterocycles. The number of benzene rings is 2. The van der Waals surface area contributed by atoms with Crippen molar-refractivity contribution in [1.29, 1.82) is 0 Å². The molecule has 2 aromatic carbocycles. The molecule has 3 nitrogen and oxygen atoms in total. The van der Waals surface area contributed by atoms with Gasteiger partial charge >= 0.3 is 5.97 Å². The Labute approximate surface area is 112 Å². The first-order chi connectivity index (χ1) is 9.13. The largest absolute Gasteiger partial charge is 0.507 e. The van der Waals surface area contributed by atoms with E-state index in [1.54, 1.807) is 13.0 Å². The summed E-state index contributed by atoms with van der Waals surface area (Å²) in [6.07, 6.45) is 0. The summed E-state index contributed by atoms with van der Waals surface area (Å²) in [5.74, 6) is -0.535. The minimum atomic E-state index is -0.388. The van der Waals surface area contributed by atoms with Crippen molar-refractivity contribution in [2.45, 2.75) is 12.8 Å². The number of hydrogen-bond donors (Lipinski definition) is 1. The summed E-state index contributed by atoms with van der Waals surface area (Å²) in [6.45, 7) is 1.75. The molecule has 0 radical (unpaired) electrons. The van der Waals surface area contributed by atoms with Gasteiger partial charge in [0.1, 0.15) is 5.75 Å². The first-order valence-electron chi connectivity index (χ1n) is 6.09. The number of methoxy groups -OCH3 is 1. The highest BCUT2D eigenvalue weighted by atomic mass is 16.5. The third-order valence-electron chi connectivity index (χ3n) is 3.16. The molecule has 1 N–H and O–H groups in total. The highest BCUT2D eigenvalue weighted by molar-refractivity contribution is 5.79. The van der Waals surface area contributed by atoms with Crippen LogP contribution in [0.3, 0.4) is 0 Å². The molecule has 3 heteroatoms. The van der Waals surface area contributed by atoms with Crippen molar-refractivity contribution < 1.29 is 14.6 Å². The van der Waals surface area contributed by atoms with E-state index in [4.69, 9.17) is 4.74 Å². The molecule has 0 aliphatic rings. The second-order valence-electron chi connectivity index (χ2n) is 4.39. The van der Waals surface area contributed by atoms with Gasteiger partial charge in [0.15, 0.2) is 0 Å². The van der Waals surface area contributed by atoms with Crippen molar-refractivity contribution in [2.75, 3.05) is 7.11 Å². The molecule has 0 aliphatic carbocycles. The van der Waals surface area contributed by atoms with Gasteiger partial charge < -0.3 is 9.84 Å². The van der Waals surface area contributed by atoms with Crippen LogP contribution in [-0.4, -0.2) is 18.2 Å². The highest BCUT2D eigenvalue weighted by Gasteiger charge is 2.17. The topological polar surface area (TPSA) is 46.5 Å². The van der Waals surface area contributed by atoms with E-state index in [0.717, 1.165) is 16.7 Å². The lowest BCUT2D eigenvalue weighted by Crippen LogP contribution is -2.10. The van der Waals surface area contributed by atoms with Gasteiger partial charge in [0, 0.05) is 5.56 Å². The lowest BCUT2D eigenvalue weighted by molar-refractivity contribution is -0.141. The standard InChI is InChI=1S/C16H16O3/c1-11(16(18)19-2)13-8-9-14(15(17)10-13)12-6-4-3-5-7-12/h3-11,17H,1-2H3. The van der Waals surface area contributed by atoms with Crippen molar-refractivity contribution in [2.24, 2.45) is 0 Å². The van der Waals surface area contributed by atoms with E-state index in [1.807, 2.05) is 42.5 Å². The Morgan fingerprint density at radius 1 is 1.16 bits per heavy atom. The summed E-state index contributed by atoms with van der Waals surface area (Å²) >= 11 is 0. The van der Waals surface area contributed by atoms with Crippen molar-refractivity contribution in [1.82, 2.24) is 0 Å². The molecule has 0 saturated carbocycles. The summed E-state index contributed by atoms with van der Waals surface area (Å²) in [7, 11) is 1.36. The van der Waals surface area contributed by atoms with E-state index in [9.17, 15) is 9.90 Å². The van der Waals surface area contributed by atoms with Gasteiger partial charge in [0.2, 0.25) is 0 Å². The van der Waals surface area contributed by atoms with Crippen LogP contribution in [0.15, 0.2) is 48.5 Å². The van der Waals surface area contributed by atoms with E-state index in [1.165, 1.54) is 7.11 Å². The number of ether oxygens (including phenoxy) is 1. The zero-order chi connectivity index (χ0) is 13.8. The fourth-order valence-electron chi connectivity index (χ4n) is 1.99. The minimum Gasteiger partial charge on any atom is -0.507 e. The molecule has 0 bridgehead atoms. The van der Waals surface area contributed by atoms with E-state index in [0.29, 0.717) is 0 Å².